The zero-order valence-electron chi connectivity index (χ0n) is 16.4. The third-order valence-electron chi connectivity index (χ3n) is 4.94. The quantitative estimate of drug-likeness (QED) is 0.500. The van der Waals surface area contributed by atoms with Gasteiger partial charge < -0.3 is 5.73 Å². The molecule has 0 atom stereocenters. The van der Waals surface area contributed by atoms with Gasteiger partial charge in [0.05, 0.1) is 10.6 Å². The van der Waals surface area contributed by atoms with Gasteiger partial charge in [-0.2, -0.15) is 0 Å². The number of nitrogens with zero attached hydrogens (tertiary/aromatic N) is 3. The fraction of sp³-hybridized carbons (Fsp3) is 0.0909. The molecule has 1 aromatic heterocycles. The second-order valence-corrected chi connectivity index (χ2v) is 8.87. The van der Waals surface area contributed by atoms with Crippen molar-refractivity contribution in [3.05, 3.63) is 83.7 Å². The number of sulfone groups is 1. The fourth-order valence-corrected chi connectivity index (χ4v) is 4.50. The Morgan fingerprint density at radius 2 is 1.57 bits per heavy atom. The summed E-state index contributed by atoms with van der Waals surface area (Å²) in [5.74, 6) is -0.427. The number of benzene rings is 3. The third-order valence-corrected chi connectivity index (χ3v) is 6.60. The molecule has 0 fully saturated rings. The number of rotatable bonds is 4. The molecule has 1 heterocycles. The molecule has 0 saturated carbocycles. The number of anilines is 1. The SMILES string of the molecule is Cc1ccc(S(=O)(=O)c2nnn(-c3ccc(N)cc3)c2-c2ccc(F)cc2)cc1C. The highest BCUT2D eigenvalue weighted by Crippen LogP contribution is 2.32. The summed E-state index contributed by atoms with van der Waals surface area (Å²) < 4.78 is 41.8. The standard InChI is InChI=1S/C22H19FN4O2S/c1-14-3-12-20(13-15(14)2)30(28,29)22-21(16-4-6-17(23)7-5-16)27(26-25-22)19-10-8-18(24)9-11-19/h3-13H,24H2,1-2H3. The van der Waals surface area contributed by atoms with Crippen LogP contribution >= 0.6 is 0 Å². The molecule has 0 aliphatic rings. The highest BCUT2D eigenvalue weighted by atomic mass is 32.2. The van der Waals surface area contributed by atoms with Crippen molar-refractivity contribution in [2.45, 2.75) is 23.8 Å². The van der Waals surface area contributed by atoms with Crippen LogP contribution in [0.25, 0.3) is 16.9 Å². The van der Waals surface area contributed by atoms with Gasteiger partial charge in [0, 0.05) is 11.3 Å². The number of hydrogen-bond donors (Lipinski definition) is 1. The van der Waals surface area contributed by atoms with Gasteiger partial charge in [-0.1, -0.05) is 11.3 Å². The molecule has 4 aromatic rings. The molecule has 3 aromatic carbocycles. The van der Waals surface area contributed by atoms with E-state index in [9.17, 15) is 12.8 Å². The Hall–Kier alpha value is -3.52. The van der Waals surface area contributed by atoms with Gasteiger partial charge in [0.25, 0.3) is 0 Å². The summed E-state index contributed by atoms with van der Waals surface area (Å²) in [5.41, 5.74) is 9.46. The van der Waals surface area contributed by atoms with Gasteiger partial charge in [-0.3, -0.25) is 0 Å². The third kappa shape index (κ3) is 3.46. The molecule has 0 aliphatic heterocycles. The minimum absolute atomic E-state index is 0.123. The molecule has 30 heavy (non-hydrogen) atoms. The van der Waals surface area contributed by atoms with Gasteiger partial charge in [0.2, 0.25) is 14.9 Å². The van der Waals surface area contributed by atoms with Gasteiger partial charge in [-0.25, -0.2) is 17.5 Å². The van der Waals surface area contributed by atoms with E-state index in [-0.39, 0.29) is 15.6 Å². The highest BCUT2D eigenvalue weighted by molar-refractivity contribution is 7.91. The van der Waals surface area contributed by atoms with Crippen LogP contribution in [0.2, 0.25) is 0 Å². The first-order chi connectivity index (χ1) is 14.3. The summed E-state index contributed by atoms with van der Waals surface area (Å²) >= 11 is 0. The number of aromatic nitrogens is 3. The van der Waals surface area contributed by atoms with E-state index < -0.39 is 15.7 Å². The Bertz CT molecular complexity index is 1330. The van der Waals surface area contributed by atoms with Crippen LogP contribution in [-0.4, -0.2) is 23.4 Å². The summed E-state index contributed by atoms with van der Waals surface area (Å²) in [4.78, 5) is 0.123. The molecule has 0 bridgehead atoms. The normalized spacial score (nSPS) is 11.6. The molecule has 0 unspecified atom stereocenters. The van der Waals surface area contributed by atoms with Crippen molar-refractivity contribution < 1.29 is 12.8 Å². The molecule has 0 saturated heterocycles. The minimum Gasteiger partial charge on any atom is -0.399 e. The first-order valence-electron chi connectivity index (χ1n) is 9.17. The van der Waals surface area contributed by atoms with Gasteiger partial charge in [-0.15, -0.1) is 5.10 Å². The Kier molecular flexibility index (Phi) is 4.87. The van der Waals surface area contributed by atoms with E-state index in [0.717, 1.165) is 11.1 Å². The molecular weight excluding hydrogens is 403 g/mol. The van der Waals surface area contributed by atoms with E-state index in [0.29, 0.717) is 16.9 Å². The maximum absolute atomic E-state index is 13.5. The van der Waals surface area contributed by atoms with E-state index in [1.54, 1.807) is 42.5 Å². The zero-order valence-corrected chi connectivity index (χ0v) is 17.2. The molecule has 4 rings (SSSR count). The number of nitrogens with two attached hydrogens (primary N) is 1. The first kappa shape index (κ1) is 19.8. The van der Waals surface area contributed by atoms with Gasteiger partial charge in [-0.05, 0) is 85.6 Å². The van der Waals surface area contributed by atoms with Crippen molar-refractivity contribution >= 4 is 15.5 Å². The Morgan fingerprint density at radius 1 is 0.900 bits per heavy atom. The average Bonchev–Trinajstić information content (AvgIpc) is 3.17. The van der Waals surface area contributed by atoms with Crippen LogP contribution in [-0.2, 0) is 9.84 Å². The second-order valence-electron chi connectivity index (χ2n) is 7.00. The van der Waals surface area contributed by atoms with Crippen LogP contribution in [0, 0.1) is 19.7 Å². The molecule has 0 aliphatic carbocycles. The summed E-state index contributed by atoms with van der Waals surface area (Å²) in [7, 11) is -3.98. The van der Waals surface area contributed by atoms with Gasteiger partial charge in [0.1, 0.15) is 11.5 Å². The minimum atomic E-state index is -3.98. The van der Waals surface area contributed by atoms with Crippen LogP contribution in [0.15, 0.2) is 76.7 Å². The Balaban J connectivity index is 1.97. The van der Waals surface area contributed by atoms with E-state index in [4.69, 9.17) is 5.73 Å². The molecule has 0 spiro atoms. The molecule has 6 nitrogen and oxygen atoms in total. The van der Waals surface area contributed by atoms with Crippen LogP contribution in [0.5, 0.6) is 0 Å². The average molecular weight is 422 g/mol. The summed E-state index contributed by atoms with van der Waals surface area (Å²) in [6, 6.07) is 17.2. The van der Waals surface area contributed by atoms with Crippen molar-refractivity contribution in [3.63, 3.8) is 0 Å². The first-order valence-corrected chi connectivity index (χ1v) is 10.7. The number of halogens is 1. The summed E-state index contributed by atoms with van der Waals surface area (Å²) in [6.45, 7) is 3.76. The molecule has 152 valence electrons. The van der Waals surface area contributed by atoms with Crippen LogP contribution in [0.4, 0.5) is 10.1 Å². The second kappa shape index (κ2) is 7.38. The molecular formula is C22H19FN4O2S. The predicted octanol–water partition coefficient (Wildman–Crippen LogP) is 4.11. The van der Waals surface area contributed by atoms with Crippen molar-refractivity contribution in [1.29, 1.82) is 0 Å². The summed E-state index contributed by atoms with van der Waals surface area (Å²) in [5, 5.41) is 7.91. The lowest BCUT2D eigenvalue weighted by Gasteiger charge is -2.10. The largest absolute Gasteiger partial charge is 0.399 e. The van der Waals surface area contributed by atoms with Crippen LogP contribution in [0.1, 0.15) is 11.1 Å². The maximum Gasteiger partial charge on any atom is 0.227 e. The van der Waals surface area contributed by atoms with Crippen LogP contribution < -0.4 is 5.73 Å². The number of nitrogen functional groups attached to an aromatic ring is 1. The number of aryl methyl sites for hydroxylation is 2. The van der Waals surface area contributed by atoms with Crippen molar-refractivity contribution in [2.24, 2.45) is 0 Å². The molecule has 0 amide bonds. The van der Waals surface area contributed by atoms with E-state index in [2.05, 4.69) is 10.3 Å². The fourth-order valence-electron chi connectivity index (χ4n) is 3.09. The van der Waals surface area contributed by atoms with E-state index in [1.165, 1.54) is 28.9 Å². The topological polar surface area (TPSA) is 90.9 Å². The predicted molar refractivity (Wildman–Crippen MR) is 113 cm³/mol. The highest BCUT2D eigenvalue weighted by Gasteiger charge is 2.29. The zero-order chi connectivity index (χ0) is 21.5. The summed E-state index contributed by atoms with van der Waals surface area (Å²) in [6.07, 6.45) is 0. The van der Waals surface area contributed by atoms with E-state index in [1.807, 2.05) is 13.8 Å². The molecule has 8 heteroatoms. The van der Waals surface area contributed by atoms with E-state index >= 15 is 0 Å². The lowest BCUT2D eigenvalue weighted by molar-refractivity contribution is 0.592. The monoisotopic (exact) mass is 422 g/mol. The van der Waals surface area contributed by atoms with Crippen molar-refractivity contribution in [3.8, 4) is 16.9 Å². The van der Waals surface area contributed by atoms with Crippen molar-refractivity contribution in [1.82, 2.24) is 15.0 Å². The van der Waals surface area contributed by atoms with Gasteiger partial charge >= 0.3 is 0 Å². The number of hydrogen-bond acceptors (Lipinski definition) is 5. The van der Waals surface area contributed by atoms with Crippen molar-refractivity contribution in [2.75, 3.05) is 5.73 Å². The Labute approximate surface area is 173 Å². The van der Waals surface area contributed by atoms with Gasteiger partial charge in [0.15, 0.2) is 0 Å². The van der Waals surface area contributed by atoms with Crippen LogP contribution in [0.3, 0.4) is 0 Å². The smallest absolute Gasteiger partial charge is 0.227 e. The lowest BCUT2D eigenvalue weighted by Crippen LogP contribution is -2.06. The molecule has 2 N–H and O–H groups in total. The lowest BCUT2D eigenvalue weighted by atomic mass is 10.1. The Morgan fingerprint density at radius 3 is 2.20 bits per heavy atom. The molecule has 0 radical (unpaired) electrons. The maximum atomic E-state index is 13.5.